The van der Waals surface area contributed by atoms with Crippen LogP contribution < -0.4 is 11.1 Å². The lowest BCUT2D eigenvalue weighted by Crippen LogP contribution is -2.71. The van der Waals surface area contributed by atoms with Crippen LogP contribution in [0.5, 0.6) is 0 Å². The van der Waals surface area contributed by atoms with Gasteiger partial charge in [0, 0.05) is 25.2 Å². The summed E-state index contributed by atoms with van der Waals surface area (Å²) in [5.41, 5.74) is 5.53. The van der Waals surface area contributed by atoms with E-state index in [9.17, 15) is 29.2 Å². The van der Waals surface area contributed by atoms with Gasteiger partial charge < -0.3 is 35.2 Å². The number of β-lactam (4-membered cyclic amide) rings is 1. The largest absolute Gasteiger partial charge is 0.465 e. The standard InChI is InChI=1S/C21H25N5O10S3/c1-4-34-12(27)8-39-21(31)36-9(2)35-19(30)15-10(5-33-3)6-37-18-14(17(29)26(15)18)24-16(28)13(25-32)11-7-38-20(22)23-11/h7,9,14,18,32H,4-6,8H2,1-3H3,(H2,22,23)(H,24,28)/b25-13-/t9?,14-,18-/m1/s1. The van der Waals surface area contributed by atoms with Crippen LogP contribution in [0.1, 0.15) is 19.5 Å². The number of fused-ring (bicyclic) bond motifs is 1. The molecule has 2 amide bonds. The summed E-state index contributed by atoms with van der Waals surface area (Å²) < 4.78 is 20.1. The van der Waals surface area contributed by atoms with Gasteiger partial charge in [0.15, 0.2) is 10.8 Å². The minimum Gasteiger partial charge on any atom is -0.465 e. The van der Waals surface area contributed by atoms with Crippen LogP contribution in [0.25, 0.3) is 0 Å². The summed E-state index contributed by atoms with van der Waals surface area (Å²) in [6.45, 7) is 3.11. The normalized spacial score (nSPS) is 19.5. The van der Waals surface area contributed by atoms with Crippen molar-refractivity contribution >= 4 is 74.8 Å². The second-order valence-electron chi connectivity index (χ2n) is 7.70. The Bertz CT molecular complexity index is 1200. The number of ether oxygens (including phenoxy) is 4. The summed E-state index contributed by atoms with van der Waals surface area (Å²) in [6.07, 6.45) is -1.34. The molecule has 1 fully saturated rings. The Morgan fingerprint density at radius 3 is 2.72 bits per heavy atom. The topological polar surface area (TPSA) is 209 Å². The number of amides is 2. The van der Waals surface area contributed by atoms with Crippen LogP contribution in [0, 0.1) is 0 Å². The van der Waals surface area contributed by atoms with Crippen molar-refractivity contribution in [2.24, 2.45) is 5.16 Å². The van der Waals surface area contributed by atoms with Gasteiger partial charge in [0.05, 0.1) is 13.2 Å². The predicted molar refractivity (Wildman–Crippen MR) is 140 cm³/mol. The molecule has 39 heavy (non-hydrogen) atoms. The van der Waals surface area contributed by atoms with E-state index in [-0.39, 0.29) is 41.2 Å². The zero-order chi connectivity index (χ0) is 28.7. The number of nitrogens with two attached hydrogens (primary N) is 1. The number of methoxy groups -OCH3 is 1. The summed E-state index contributed by atoms with van der Waals surface area (Å²) in [5.74, 6) is -3.04. The van der Waals surface area contributed by atoms with Gasteiger partial charge >= 0.3 is 17.2 Å². The minimum absolute atomic E-state index is 0.0150. The van der Waals surface area contributed by atoms with Crippen molar-refractivity contribution in [2.75, 3.05) is 37.6 Å². The Morgan fingerprint density at radius 2 is 2.10 bits per heavy atom. The minimum atomic E-state index is -1.34. The molecule has 3 atom stereocenters. The molecule has 0 saturated carbocycles. The molecule has 2 aliphatic heterocycles. The van der Waals surface area contributed by atoms with Crippen molar-refractivity contribution in [3.8, 4) is 0 Å². The van der Waals surface area contributed by atoms with E-state index >= 15 is 0 Å². The number of nitrogen functional groups attached to an aromatic ring is 1. The molecule has 1 unspecified atom stereocenters. The van der Waals surface area contributed by atoms with Crippen molar-refractivity contribution in [3.63, 3.8) is 0 Å². The number of hydrogen-bond acceptors (Lipinski definition) is 16. The first-order valence-electron chi connectivity index (χ1n) is 11.2. The van der Waals surface area contributed by atoms with E-state index < -0.39 is 52.5 Å². The number of oxime groups is 1. The van der Waals surface area contributed by atoms with Gasteiger partial charge in [0.2, 0.25) is 6.29 Å². The van der Waals surface area contributed by atoms with E-state index in [0.29, 0.717) is 17.3 Å². The van der Waals surface area contributed by atoms with Gasteiger partial charge in [0.1, 0.15) is 28.6 Å². The fraction of sp³-hybridized carbons (Fsp3) is 0.476. The zero-order valence-electron chi connectivity index (χ0n) is 20.9. The molecule has 18 heteroatoms. The van der Waals surface area contributed by atoms with Crippen LogP contribution in [0.3, 0.4) is 0 Å². The maximum atomic E-state index is 13.1. The average molecular weight is 604 g/mol. The van der Waals surface area contributed by atoms with Crippen molar-refractivity contribution in [3.05, 3.63) is 22.3 Å². The van der Waals surface area contributed by atoms with Gasteiger partial charge in [-0.3, -0.25) is 19.3 Å². The molecular weight excluding hydrogens is 578 g/mol. The van der Waals surface area contributed by atoms with E-state index in [1.54, 1.807) is 6.92 Å². The smallest absolute Gasteiger partial charge is 0.370 e. The first kappa shape index (κ1) is 30.2. The number of carbonyl (C=O) groups excluding carboxylic acids is 5. The quantitative estimate of drug-likeness (QED) is 0.0787. The molecule has 0 radical (unpaired) electrons. The second kappa shape index (κ2) is 13.6. The molecule has 3 heterocycles. The number of anilines is 1. The van der Waals surface area contributed by atoms with Crippen LogP contribution in [0.4, 0.5) is 9.93 Å². The summed E-state index contributed by atoms with van der Waals surface area (Å²) in [4.78, 5) is 67.2. The Hall–Kier alpha value is -3.35. The molecule has 1 aromatic heterocycles. The third-order valence-corrected chi connectivity index (χ3v) is 7.80. The molecule has 1 aromatic rings. The highest BCUT2D eigenvalue weighted by molar-refractivity contribution is 8.13. The number of nitrogens with zero attached hydrogens (tertiary/aromatic N) is 3. The van der Waals surface area contributed by atoms with Crippen molar-refractivity contribution in [1.29, 1.82) is 0 Å². The molecule has 0 bridgehead atoms. The summed E-state index contributed by atoms with van der Waals surface area (Å²) >= 11 is 2.85. The predicted octanol–water partition coefficient (Wildman–Crippen LogP) is 0.526. The van der Waals surface area contributed by atoms with Crippen LogP contribution in [0.2, 0.25) is 0 Å². The number of carbonyl (C=O) groups is 5. The highest BCUT2D eigenvalue weighted by atomic mass is 32.2. The SMILES string of the molecule is CCOC(=O)CSC(=O)OC(C)OC(=O)C1=C(COC)CS[C@@H]2[C@H](NC(=O)/C(=N\O)c3csc(N)n3)C(=O)N12. The van der Waals surface area contributed by atoms with Gasteiger partial charge in [-0.05, 0) is 24.3 Å². The average Bonchev–Trinajstić information content (AvgIpc) is 3.31. The van der Waals surface area contributed by atoms with Gasteiger partial charge in [0.25, 0.3) is 11.8 Å². The van der Waals surface area contributed by atoms with Crippen LogP contribution in [-0.4, -0.2) is 99.4 Å². The van der Waals surface area contributed by atoms with E-state index in [1.165, 1.54) is 31.2 Å². The number of thiazole rings is 1. The summed E-state index contributed by atoms with van der Waals surface area (Å²) in [6, 6.07) is -1.04. The van der Waals surface area contributed by atoms with Crippen molar-refractivity contribution in [1.82, 2.24) is 15.2 Å². The summed E-state index contributed by atoms with van der Waals surface area (Å²) in [5, 5.41) is 14.8. The fourth-order valence-corrected chi connectivity index (χ4v) is 5.89. The first-order chi connectivity index (χ1) is 18.6. The highest BCUT2D eigenvalue weighted by Gasteiger charge is 2.55. The number of thioether (sulfide) groups is 2. The van der Waals surface area contributed by atoms with Crippen LogP contribution in [0.15, 0.2) is 21.8 Å². The van der Waals surface area contributed by atoms with E-state index in [1.807, 2.05) is 0 Å². The number of esters is 2. The van der Waals surface area contributed by atoms with E-state index in [4.69, 9.17) is 24.7 Å². The zero-order valence-corrected chi connectivity index (χ0v) is 23.4. The molecule has 4 N–H and O–H groups in total. The fourth-order valence-electron chi connectivity index (χ4n) is 3.50. The molecular formula is C21H25N5O10S3. The molecule has 2 aliphatic rings. The van der Waals surface area contributed by atoms with Crippen molar-refractivity contribution < 1.29 is 48.1 Å². The number of nitrogens with one attached hydrogen (secondary N) is 1. The molecule has 212 valence electrons. The molecule has 0 aromatic carbocycles. The second-order valence-corrected chi connectivity index (χ2v) is 10.6. The van der Waals surface area contributed by atoms with E-state index in [0.717, 1.165) is 16.2 Å². The summed E-state index contributed by atoms with van der Waals surface area (Å²) in [7, 11) is 1.42. The first-order valence-corrected chi connectivity index (χ1v) is 14.1. The molecule has 0 spiro atoms. The maximum absolute atomic E-state index is 13.1. The Morgan fingerprint density at radius 1 is 1.36 bits per heavy atom. The van der Waals surface area contributed by atoms with E-state index in [2.05, 4.69) is 15.5 Å². The lowest BCUT2D eigenvalue weighted by Gasteiger charge is -2.49. The third-order valence-electron chi connectivity index (χ3n) is 5.07. The Balaban J connectivity index is 1.66. The number of rotatable bonds is 11. The van der Waals surface area contributed by atoms with Gasteiger partial charge in [-0.25, -0.2) is 14.6 Å². The van der Waals surface area contributed by atoms with Gasteiger partial charge in [-0.2, -0.15) is 0 Å². The Labute approximate surface area is 234 Å². The van der Waals surface area contributed by atoms with Crippen LogP contribution >= 0.6 is 34.9 Å². The molecule has 15 nitrogen and oxygen atoms in total. The lowest BCUT2D eigenvalue weighted by atomic mass is 10.0. The highest BCUT2D eigenvalue weighted by Crippen LogP contribution is 2.41. The molecule has 0 aliphatic carbocycles. The van der Waals surface area contributed by atoms with Crippen molar-refractivity contribution in [2.45, 2.75) is 31.6 Å². The van der Waals surface area contributed by atoms with Gasteiger partial charge in [-0.15, -0.1) is 23.1 Å². The number of aromatic nitrogens is 1. The molecule has 1 saturated heterocycles. The lowest BCUT2D eigenvalue weighted by molar-refractivity contribution is -0.165. The van der Waals surface area contributed by atoms with Crippen LogP contribution in [-0.2, 0) is 38.1 Å². The molecule has 3 rings (SSSR count). The van der Waals surface area contributed by atoms with Gasteiger partial charge in [-0.1, -0.05) is 5.16 Å². The maximum Gasteiger partial charge on any atom is 0.370 e. The number of hydrogen-bond donors (Lipinski definition) is 3. The third kappa shape index (κ3) is 7.20. The monoisotopic (exact) mass is 603 g/mol. The Kier molecular flexibility index (Phi) is 10.6.